The first-order valence-corrected chi connectivity index (χ1v) is 8.38. The van der Waals surface area contributed by atoms with Crippen molar-refractivity contribution in [3.63, 3.8) is 0 Å². The minimum absolute atomic E-state index is 0.154. The van der Waals surface area contributed by atoms with Crippen LogP contribution in [0.4, 0.5) is 4.39 Å². The topological polar surface area (TPSA) is 40.7 Å². The van der Waals surface area contributed by atoms with Crippen LogP contribution in [0.15, 0.2) is 42.7 Å². The maximum atomic E-state index is 13.5. The first kappa shape index (κ1) is 18.1. The van der Waals surface area contributed by atoms with Gasteiger partial charge < -0.3 is 5.32 Å². The number of nitrogens with zero attached hydrogens (tertiary/aromatic N) is 1. The van der Waals surface area contributed by atoms with Crippen LogP contribution in [0, 0.1) is 18.7 Å². The van der Waals surface area contributed by atoms with Gasteiger partial charge in [-0.2, -0.15) is 5.10 Å². The number of hydrogen-bond donors (Lipinski definition) is 2. The molecule has 1 atom stereocenters. The molecule has 4 heteroatoms. The predicted octanol–water partition coefficient (Wildman–Crippen LogP) is 4.59. The van der Waals surface area contributed by atoms with E-state index >= 15 is 0 Å². The predicted molar refractivity (Wildman–Crippen MR) is 99.1 cm³/mol. The molecule has 1 unspecified atom stereocenters. The molecule has 0 saturated carbocycles. The van der Waals surface area contributed by atoms with Gasteiger partial charge in [-0.15, -0.1) is 0 Å². The summed E-state index contributed by atoms with van der Waals surface area (Å²) in [5, 5.41) is 9.81. The molecule has 1 heterocycles. The van der Waals surface area contributed by atoms with E-state index in [1.165, 1.54) is 11.1 Å². The lowest BCUT2D eigenvalue weighted by atomic mass is 9.84. The average Bonchev–Trinajstić information content (AvgIpc) is 3.12. The lowest BCUT2D eigenvalue weighted by Crippen LogP contribution is -2.02. The summed E-state index contributed by atoms with van der Waals surface area (Å²) >= 11 is 0. The Morgan fingerprint density at radius 1 is 1.33 bits per heavy atom. The third-order valence-corrected chi connectivity index (χ3v) is 4.11. The summed E-state index contributed by atoms with van der Waals surface area (Å²) in [5.41, 5.74) is 5.28. The van der Waals surface area contributed by atoms with Crippen molar-refractivity contribution >= 4 is 11.1 Å². The van der Waals surface area contributed by atoms with Crippen LogP contribution in [-0.4, -0.2) is 23.8 Å². The van der Waals surface area contributed by atoms with Gasteiger partial charge in [-0.05, 0) is 67.3 Å². The highest BCUT2D eigenvalue weighted by atomic mass is 19.1. The molecule has 3 nitrogen and oxygen atoms in total. The van der Waals surface area contributed by atoms with Crippen molar-refractivity contribution in [2.75, 3.05) is 13.6 Å². The lowest BCUT2D eigenvalue weighted by molar-refractivity contribution is 0.618. The summed E-state index contributed by atoms with van der Waals surface area (Å²) in [7, 11) is 1.93. The Kier molecular flexibility index (Phi) is 6.50. The molecule has 1 aromatic carbocycles. The number of aromatic nitrogens is 2. The summed E-state index contributed by atoms with van der Waals surface area (Å²) in [6.07, 6.45) is 9.04. The molecular formula is C20H26FN3. The van der Waals surface area contributed by atoms with Crippen molar-refractivity contribution in [3.05, 3.63) is 65.3 Å². The van der Waals surface area contributed by atoms with Gasteiger partial charge in [0.1, 0.15) is 5.82 Å². The molecule has 0 spiro atoms. The van der Waals surface area contributed by atoms with E-state index in [1.807, 2.05) is 31.6 Å². The van der Waals surface area contributed by atoms with Crippen molar-refractivity contribution < 1.29 is 4.39 Å². The number of allylic oxidation sites excluding steroid dienone is 4. The summed E-state index contributed by atoms with van der Waals surface area (Å²) in [6, 6.07) is 5.34. The second-order valence-electron chi connectivity index (χ2n) is 6.09. The van der Waals surface area contributed by atoms with Gasteiger partial charge in [0.25, 0.3) is 0 Å². The first-order chi connectivity index (χ1) is 11.6. The number of aryl methyl sites for hydroxylation is 1. The SMILES string of the molecule is CCNC.Cc1cc(C2=C(c3cn[nH]c3)C=CC(C)C2)ccc1F. The van der Waals surface area contributed by atoms with Crippen molar-refractivity contribution in [2.24, 2.45) is 5.92 Å². The van der Waals surface area contributed by atoms with Gasteiger partial charge in [0.15, 0.2) is 0 Å². The summed E-state index contributed by atoms with van der Waals surface area (Å²) in [6.45, 7) is 7.14. The monoisotopic (exact) mass is 327 g/mol. The molecular weight excluding hydrogens is 301 g/mol. The third kappa shape index (κ3) is 4.42. The number of rotatable bonds is 3. The molecule has 3 rings (SSSR count). The van der Waals surface area contributed by atoms with Gasteiger partial charge in [-0.25, -0.2) is 4.39 Å². The number of halogens is 1. The molecule has 0 fully saturated rings. The molecule has 128 valence electrons. The van der Waals surface area contributed by atoms with Gasteiger partial charge in [-0.1, -0.05) is 32.1 Å². The molecule has 2 N–H and O–H groups in total. The fourth-order valence-corrected chi connectivity index (χ4v) is 2.64. The summed E-state index contributed by atoms with van der Waals surface area (Å²) in [5.74, 6) is 0.338. The zero-order chi connectivity index (χ0) is 17.5. The average molecular weight is 327 g/mol. The molecule has 0 bridgehead atoms. The normalized spacial score (nSPS) is 16.8. The molecule has 0 aliphatic heterocycles. The number of benzene rings is 1. The van der Waals surface area contributed by atoms with E-state index in [4.69, 9.17) is 0 Å². The zero-order valence-electron chi connectivity index (χ0n) is 14.9. The molecule has 24 heavy (non-hydrogen) atoms. The van der Waals surface area contributed by atoms with E-state index in [9.17, 15) is 4.39 Å². The minimum atomic E-state index is -0.154. The van der Waals surface area contributed by atoms with Gasteiger partial charge in [0, 0.05) is 11.8 Å². The highest BCUT2D eigenvalue weighted by molar-refractivity contribution is 5.96. The largest absolute Gasteiger partial charge is 0.320 e. The Labute approximate surface area is 143 Å². The van der Waals surface area contributed by atoms with Crippen LogP contribution in [0.1, 0.15) is 37.0 Å². The van der Waals surface area contributed by atoms with Crippen molar-refractivity contribution in [1.29, 1.82) is 0 Å². The number of hydrogen-bond acceptors (Lipinski definition) is 2. The fourth-order valence-electron chi connectivity index (χ4n) is 2.64. The Morgan fingerprint density at radius 2 is 2.08 bits per heavy atom. The van der Waals surface area contributed by atoms with Crippen LogP contribution < -0.4 is 5.32 Å². The van der Waals surface area contributed by atoms with Crippen LogP contribution in [0.5, 0.6) is 0 Å². The van der Waals surface area contributed by atoms with Crippen LogP contribution in [0.3, 0.4) is 0 Å². The number of aromatic amines is 1. The number of nitrogens with one attached hydrogen (secondary N) is 2. The van der Waals surface area contributed by atoms with E-state index in [-0.39, 0.29) is 5.82 Å². The third-order valence-electron chi connectivity index (χ3n) is 4.11. The highest BCUT2D eigenvalue weighted by Gasteiger charge is 2.17. The Morgan fingerprint density at radius 3 is 2.67 bits per heavy atom. The van der Waals surface area contributed by atoms with E-state index in [2.05, 4.69) is 41.5 Å². The van der Waals surface area contributed by atoms with Crippen LogP contribution >= 0.6 is 0 Å². The van der Waals surface area contributed by atoms with Crippen LogP contribution in [0.2, 0.25) is 0 Å². The Bertz CT molecular complexity index is 712. The maximum Gasteiger partial charge on any atom is 0.126 e. The molecule has 1 aliphatic rings. The van der Waals surface area contributed by atoms with E-state index < -0.39 is 0 Å². The van der Waals surface area contributed by atoms with Gasteiger partial charge in [0.05, 0.1) is 6.20 Å². The summed E-state index contributed by atoms with van der Waals surface area (Å²) in [4.78, 5) is 0. The highest BCUT2D eigenvalue weighted by Crippen LogP contribution is 2.36. The van der Waals surface area contributed by atoms with Gasteiger partial charge in [0.2, 0.25) is 0 Å². The molecule has 1 aliphatic carbocycles. The number of H-pyrrole nitrogens is 1. The van der Waals surface area contributed by atoms with Crippen molar-refractivity contribution in [3.8, 4) is 0 Å². The minimum Gasteiger partial charge on any atom is -0.320 e. The quantitative estimate of drug-likeness (QED) is 0.865. The van der Waals surface area contributed by atoms with Gasteiger partial charge in [-0.3, -0.25) is 5.10 Å². The zero-order valence-corrected chi connectivity index (χ0v) is 14.9. The maximum absolute atomic E-state index is 13.5. The fraction of sp³-hybridized carbons (Fsp3) is 0.350. The van der Waals surface area contributed by atoms with E-state index in [0.29, 0.717) is 11.5 Å². The molecule has 0 saturated heterocycles. The Hall–Kier alpha value is -2.20. The van der Waals surface area contributed by atoms with Crippen LogP contribution in [-0.2, 0) is 0 Å². The second kappa shape index (κ2) is 8.60. The van der Waals surface area contributed by atoms with Crippen molar-refractivity contribution in [1.82, 2.24) is 15.5 Å². The smallest absolute Gasteiger partial charge is 0.126 e. The molecule has 2 aromatic rings. The van der Waals surface area contributed by atoms with E-state index in [1.54, 1.807) is 13.0 Å². The first-order valence-electron chi connectivity index (χ1n) is 8.38. The lowest BCUT2D eigenvalue weighted by Gasteiger charge is -2.20. The van der Waals surface area contributed by atoms with Crippen molar-refractivity contribution in [2.45, 2.75) is 27.2 Å². The van der Waals surface area contributed by atoms with Crippen LogP contribution in [0.25, 0.3) is 11.1 Å². The Balaban J connectivity index is 0.000000471. The standard InChI is InChI=1S/C17H17FN2.C3H9N/c1-11-3-5-15(14-9-19-20-10-14)16(7-11)13-4-6-17(18)12(2)8-13;1-3-4-2/h3-6,8-11H,7H2,1-2H3,(H,19,20);4H,3H2,1-2H3. The van der Waals surface area contributed by atoms with E-state index in [0.717, 1.165) is 24.1 Å². The van der Waals surface area contributed by atoms with Gasteiger partial charge >= 0.3 is 0 Å². The molecule has 0 amide bonds. The second-order valence-corrected chi connectivity index (χ2v) is 6.09. The molecule has 1 aromatic heterocycles. The summed E-state index contributed by atoms with van der Waals surface area (Å²) < 4.78 is 13.5. The molecule has 0 radical (unpaired) electrons.